The van der Waals surface area contributed by atoms with Gasteiger partial charge in [0.05, 0.1) is 13.7 Å². The zero-order chi connectivity index (χ0) is 10.4. The molecular formula is C8H17N5O. The van der Waals surface area contributed by atoms with Gasteiger partial charge in [0.25, 0.3) is 0 Å². The Hall–Kier alpha value is -1.01. The maximum absolute atomic E-state index is 5.09. The Morgan fingerprint density at radius 3 is 2.86 bits per heavy atom. The number of nitrogens with zero attached hydrogens (tertiary/aromatic N) is 4. The predicted molar refractivity (Wildman–Crippen MR) is 51.8 cm³/mol. The summed E-state index contributed by atoms with van der Waals surface area (Å²) in [5.41, 5.74) is 0. The third kappa shape index (κ3) is 3.39. The van der Waals surface area contributed by atoms with Crippen molar-refractivity contribution in [3.63, 3.8) is 0 Å². The molecule has 0 aromatic carbocycles. The van der Waals surface area contributed by atoms with Crippen molar-refractivity contribution < 1.29 is 4.74 Å². The van der Waals surface area contributed by atoms with E-state index in [1.807, 2.05) is 0 Å². The normalized spacial score (nSPS) is 13.1. The van der Waals surface area contributed by atoms with Gasteiger partial charge in [-0.3, -0.25) is 0 Å². The molecule has 1 heterocycles. The third-order valence-electron chi connectivity index (χ3n) is 1.84. The highest BCUT2D eigenvalue weighted by Gasteiger charge is 2.11. The first-order chi connectivity index (χ1) is 6.76. The molecule has 6 heteroatoms. The molecule has 0 saturated heterocycles. The summed E-state index contributed by atoms with van der Waals surface area (Å²) in [6, 6.07) is 0.259. The van der Waals surface area contributed by atoms with Crippen molar-refractivity contribution >= 4 is 0 Å². The van der Waals surface area contributed by atoms with E-state index >= 15 is 0 Å². The van der Waals surface area contributed by atoms with Gasteiger partial charge in [-0.05, 0) is 11.8 Å². The van der Waals surface area contributed by atoms with Crippen molar-refractivity contribution in [3.05, 3.63) is 5.82 Å². The number of ether oxygens (including phenoxy) is 1. The largest absolute Gasteiger partial charge is 0.383 e. The lowest BCUT2D eigenvalue weighted by Gasteiger charge is -2.14. The monoisotopic (exact) mass is 199 g/mol. The van der Waals surface area contributed by atoms with E-state index in [-0.39, 0.29) is 6.04 Å². The van der Waals surface area contributed by atoms with Crippen LogP contribution in [0.2, 0.25) is 0 Å². The van der Waals surface area contributed by atoms with Crippen molar-refractivity contribution in [1.82, 2.24) is 25.5 Å². The summed E-state index contributed by atoms with van der Waals surface area (Å²) in [6.45, 7) is 3.63. The average Bonchev–Trinajstić information content (AvgIpc) is 2.52. The van der Waals surface area contributed by atoms with Crippen LogP contribution in [0, 0.1) is 0 Å². The summed E-state index contributed by atoms with van der Waals surface area (Å²) in [7, 11) is 3.45. The van der Waals surface area contributed by atoms with Gasteiger partial charge in [-0.2, -0.15) is 4.80 Å². The van der Waals surface area contributed by atoms with Crippen LogP contribution in [-0.4, -0.2) is 46.5 Å². The van der Waals surface area contributed by atoms with Crippen LogP contribution in [-0.2, 0) is 18.2 Å². The van der Waals surface area contributed by atoms with Gasteiger partial charge in [-0.1, -0.05) is 6.92 Å². The summed E-state index contributed by atoms with van der Waals surface area (Å²) in [5, 5.41) is 15.1. The second-order valence-corrected chi connectivity index (χ2v) is 3.11. The highest BCUT2D eigenvalue weighted by Crippen LogP contribution is 1.95. The van der Waals surface area contributed by atoms with Gasteiger partial charge in [0.1, 0.15) is 0 Å². The predicted octanol–water partition coefficient (Wildman–Crippen LogP) is -0.623. The number of aromatic nitrogens is 4. The minimum absolute atomic E-state index is 0.259. The fourth-order valence-corrected chi connectivity index (χ4v) is 1.31. The lowest BCUT2D eigenvalue weighted by molar-refractivity contribution is 0.166. The molecule has 6 nitrogen and oxygen atoms in total. The van der Waals surface area contributed by atoms with E-state index in [1.165, 1.54) is 4.80 Å². The molecule has 0 bridgehead atoms. The number of methoxy groups -OCH3 is 1. The molecule has 0 aliphatic heterocycles. The lowest BCUT2D eigenvalue weighted by Crippen LogP contribution is -2.35. The van der Waals surface area contributed by atoms with Crippen LogP contribution in [0.1, 0.15) is 12.7 Å². The van der Waals surface area contributed by atoms with E-state index in [1.54, 1.807) is 14.2 Å². The molecule has 0 fully saturated rings. The topological polar surface area (TPSA) is 64.9 Å². The van der Waals surface area contributed by atoms with Gasteiger partial charge < -0.3 is 10.1 Å². The highest BCUT2D eigenvalue weighted by molar-refractivity contribution is 4.84. The molecule has 0 aliphatic carbocycles. The molecule has 1 N–H and O–H groups in total. The Labute approximate surface area is 83.6 Å². The van der Waals surface area contributed by atoms with Crippen molar-refractivity contribution in [2.75, 3.05) is 20.3 Å². The van der Waals surface area contributed by atoms with Crippen LogP contribution >= 0.6 is 0 Å². The molecule has 14 heavy (non-hydrogen) atoms. The molecule has 80 valence electrons. The first-order valence-electron chi connectivity index (χ1n) is 4.71. The maximum Gasteiger partial charge on any atom is 0.176 e. The fourth-order valence-electron chi connectivity index (χ4n) is 1.31. The molecular weight excluding hydrogens is 182 g/mol. The standard InChI is InChI=1S/C8H17N5O/c1-4-9-7(6-14-3)5-8-10-12-13(2)11-8/h7,9H,4-6H2,1-3H3. The number of hydrogen-bond donors (Lipinski definition) is 1. The molecule has 0 radical (unpaired) electrons. The SMILES string of the molecule is CCNC(COC)Cc1nnn(C)n1. The summed E-state index contributed by atoms with van der Waals surface area (Å²) >= 11 is 0. The zero-order valence-corrected chi connectivity index (χ0v) is 8.90. The van der Waals surface area contributed by atoms with Crippen LogP contribution in [0.15, 0.2) is 0 Å². The number of nitrogens with one attached hydrogen (secondary N) is 1. The minimum atomic E-state index is 0.259. The maximum atomic E-state index is 5.09. The summed E-state index contributed by atoms with van der Waals surface area (Å²) in [4.78, 5) is 1.46. The number of tetrazole rings is 1. The Bertz CT molecular complexity index is 256. The Morgan fingerprint density at radius 1 is 1.57 bits per heavy atom. The van der Waals surface area contributed by atoms with Gasteiger partial charge >= 0.3 is 0 Å². The van der Waals surface area contributed by atoms with Crippen molar-refractivity contribution in [1.29, 1.82) is 0 Å². The van der Waals surface area contributed by atoms with Crippen LogP contribution in [0.3, 0.4) is 0 Å². The van der Waals surface area contributed by atoms with Gasteiger partial charge in [0.2, 0.25) is 0 Å². The number of hydrogen-bond acceptors (Lipinski definition) is 5. The van der Waals surface area contributed by atoms with Crippen molar-refractivity contribution in [2.24, 2.45) is 7.05 Å². The number of likely N-dealkylation sites (N-methyl/N-ethyl adjacent to an activating group) is 1. The number of rotatable bonds is 6. The van der Waals surface area contributed by atoms with Gasteiger partial charge in [0, 0.05) is 19.6 Å². The quantitative estimate of drug-likeness (QED) is 0.661. The summed E-state index contributed by atoms with van der Waals surface area (Å²) in [6.07, 6.45) is 0.746. The fraction of sp³-hybridized carbons (Fsp3) is 0.875. The Morgan fingerprint density at radius 2 is 2.36 bits per heavy atom. The smallest absolute Gasteiger partial charge is 0.176 e. The highest BCUT2D eigenvalue weighted by atomic mass is 16.5. The van der Waals surface area contributed by atoms with E-state index in [4.69, 9.17) is 4.74 Å². The molecule has 0 spiro atoms. The lowest BCUT2D eigenvalue weighted by atomic mass is 10.2. The van der Waals surface area contributed by atoms with Crippen molar-refractivity contribution in [2.45, 2.75) is 19.4 Å². The Balaban J connectivity index is 2.46. The van der Waals surface area contributed by atoms with E-state index in [0.717, 1.165) is 18.8 Å². The summed E-state index contributed by atoms with van der Waals surface area (Å²) in [5.74, 6) is 0.746. The molecule has 1 aromatic rings. The van der Waals surface area contributed by atoms with E-state index in [0.29, 0.717) is 6.61 Å². The molecule has 0 aliphatic rings. The molecule has 1 rings (SSSR count). The summed E-state index contributed by atoms with van der Waals surface area (Å²) < 4.78 is 5.09. The van der Waals surface area contributed by atoms with E-state index in [2.05, 4.69) is 27.7 Å². The number of aryl methyl sites for hydroxylation is 1. The van der Waals surface area contributed by atoms with Crippen LogP contribution in [0.4, 0.5) is 0 Å². The molecule has 1 unspecified atom stereocenters. The second-order valence-electron chi connectivity index (χ2n) is 3.11. The van der Waals surface area contributed by atoms with Gasteiger partial charge in [-0.25, -0.2) is 0 Å². The first kappa shape index (κ1) is 11.1. The van der Waals surface area contributed by atoms with Crippen LogP contribution < -0.4 is 5.32 Å². The second kappa shape index (κ2) is 5.66. The zero-order valence-electron chi connectivity index (χ0n) is 8.90. The molecule has 1 atom stereocenters. The molecule has 0 amide bonds. The average molecular weight is 199 g/mol. The Kier molecular flexibility index (Phi) is 4.48. The van der Waals surface area contributed by atoms with E-state index < -0.39 is 0 Å². The molecule has 0 saturated carbocycles. The minimum Gasteiger partial charge on any atom is -0.383 e. The van der Waals surface area contributed by atoms with Crippen LogP contribution in [0.25, 0.3) is 0 Å². The van der Waals surface area contributed by atoms with Gasteiger partial charge in [-0.15, -0.1) is 10.2 Å². The first-order valence-corrected chi connectivity index (χ1v) is 4.71. The molecule has 1 aromatic heterocycles. The third-order valence-corrected chi connectivity index (χ3v) is 1.84. The van der Waals surface area contributed by atoms with Crippen LogP contribution in [0.5, 0.6) is 0 Å². The van der Waals surface area contributed by atoms with Crippen molar-refractivity contribution in [3.8, 4) is 0 Å². The van der Waals surface area contributed by atoms with Gasteiger partial charge in [0.15, 0.2) is 5.82 Å². The van der Waals surface area contributed by atoms with E-state index in [9.17, 15) is 0 Å².